The van der Waals surface area contributed by atoms with Crippen molar-refractivity contribution >= 4 is 32.1 Å². The lowest BCUT2D eigenvalue weighted by Crippen LogP contribution is -2.63. The van der Waals surface area contributed by atoms with Crippen LogP contribution in [-0.2, 0) is 16.4 Å². The van der Waals surface area contributed by atoms with Crippen LogP contribution in [0.15, 0.2) is 47.4 Å². The first-order valence-corrected chi connectivity index (χ1v) is 14.1. The van der Waals surface area contributed by atoms with Crippen LogP contribution in [0.5, 0.6) is 5.75 Å². The predicted octanol–water partition coefficient (Wildman–Crippen LogP) is 4.24. The molecule has 0 bridgehead atoms. The fourth-order valence-corrected chi connectivity index (χ4v) is 5.90. The van der Waals surface area contributed by atoms with Crippen LogP contribution in [0, 0.1) is 17.3 Å². The van der Waals surface area contributed by atoms with Crippen molar-refractivity contribution in [3.8, 4) is 17.6 Å². The van der Waals surface area contributed by atoms with E-state index in [2.05, 4.69) is 27.8 Å². The second-order valence-corrected chi connectivity index (χ2v) is 12.1. The molecule has 2 aliphatic rings. The third-order valence-electron chi connectivity index (χ3n) is 7.19. The van der Waals surface area contributed by atoms with Crippen molar-refractivity contribution in [3.63, 3.8) is 0 Å². The third-order valence-corrected chi connectivity index (χ3v) is 8.30. The quantitative estimate of drug-likeness (QED) is 0.385. The molecule has 1 saturated heterocycles. The number of fused-ring (bicyclic) bond motifs is 1. The van der Waals surface area contributed by atoms with Crippen LogP contribution in [0.25, 0.3) is 10.9 Å². The molecule has 0 atom stereocenters. The van der Waals surface area contributed by atoms with Crippen molar-refractivity contribution < 1.29 is 26.3 Å². The van der Waals surface area contributed by atoms with Gasteiger partial charge in [0.05, 0.1) is 35.4 Å². The van der Waals surface area contributed by atoms with Crippen LogP contribution in [-0.4, -0.2) is 58.2 Å². The van der Waals surface area contributed by atoms with Crippen LogP contribution in [0.4, 0.5) is 24.5 Å². The van der Waals surface area contributed by atoms with Crippen LogP contribution in [0.3, 0.4) is 0 Å². The molecule has 5 rings (SSSR count). The Hall–Kier alpha value is -3.36. The van der Waals surface area contributed by atoms with Gasteiger partial charge in [-0.15, -0.1) is 0 Å². The minimum Gasteiger partial charge on any atom is -0.495 e. The van der Waals surface area contributed by atoms with Gasteiger partial charge < -0.3 is 25.3 Å². The lowest BCUT2D eigenvalue weighted by atomic mass is 9.61. The van der Waals surface area contributed by atoms with Crippen molar-refractivity contribution in [1.29, 1.82) is 0 Å². The van der Waals surface area contributed by atoms with Crippen molar-refractivity contribution in [1.82, 2.24) is 9.88 Å². The van der Waals surface area contributed by atoms with Gasteiger partial charge in [-0.3, -0.25) is 0 Å². The van der Waals surface area contributed by atoms with Gasteiger partial charge in [0.25, 0.3) is 0 Å². The fraction of sp³-hybridized carbons (Fsp3) is 0.407. The first-order chi connectivity index (χ1) is 18.0. The van der Waals surface area contributed by atoms with Gasteiger partial charge in [-0.2, -0.15) is 13.2 Å². The minimum absolute atomic E-state index is 0.116. The monoisotopic (exact) mass is 546 g/mol. The molecule has 3 aromatic rings. The highest BCUT2D eigenvalue weighted by molar-refractivity contribution is 7.90. The molecule has 7 nitrogen and oxygen atoms in total. The Morgan fingerprint density at radius 2 is 1.92 bits per heavy atom. The number of halogens is 3. The van der Waals surface area contributed by atoms with E-state index in [0.717, 1.165) is 37.9 Å². The highest BCUT2D eigenvalue weighted by Crippen LogP contribution is 2.46. The van der Waals surface area contributed by atoms with Crippen molar-refractivity contribution in [2.45, 2.75) is 36.5 Å². The maximum absolute atomic E-state index is 13.5. The molecule has 1 aromatic heterocycles. The summed E-state index contributed by atoms with van der Waals surface area (Å²) in [5, 5.41) is 10.6. The summed E-state index contributed by atoms with van der Waals surface area (Å²) in [6, 6.07) is 11.8. The summed E-state index contributed by atoms with van der Waals surface area (Å²) in [7, 11) is -1.98. The molecule has 2 fully saturated rings. The Morgan fingerprint density at radius 1 is 1.16 bits per heavy atom. The molecule has 0 amide bonds. The maximum atomic E-state index is 13.5. The van der Waals surface area contributed by atoms with Crippen LogP contribution in [0.2, 0.25) is 0 Å². The molecule has 38 heavy (non-hydrogen) atoms. The standard InChI is InChI=1S/C27H29F3N4O3S/c1-37-25-12-20(38(2,35)36)8-9-23(25)32-10-4-5-19-11-21-22(33-18-13-26(14-18)15-31-16-26)6-3-7-24(21)34(19)17-27(28,29)30/h3,6-9,11-12,18,31-33H,10,13-17H2,1-2H3. The second kappa shape index (κ2) is 9.75. The number of hydrogen-bond donors (Lipinski definition) is 3. The largest absolute Gasteiger partial charge is 0.495 e. The Kier molecular flexibility index (Phi) is 6.73. The molecule has 2 aromatic carbocycles. The molecule has 1 aliphatic carbocycles. The van der Waals surface area contributed by atoms with Gasteiger partial charge in [-0.1, -0.05) is 12.0 Å². The number of nitrogens with one attached hydrogen (secondary N) is 3. The molecule has 2 heterocycles. The van der Waals surface area contributed by atoms with Gasteiger partial charge in [0.1, 0.15) is 12.3 Å². The summed E-state index contributed by atoms with van der Waals surface area (Å²) in [6.07, 6.45) is -1.20. The zero-order valence-corrected chi connectivity index (χ0v) is 21.9. The number of aromatic nitrogens is 1. The Morgan fingerprint density at radius 3 is 2.55 bits per heavy atom. The summed E-state index contributed by atoms with van der Waals surface area (Å²) < 4.78 is 70.5. The molecular weight excluding hydrogens is 517 g/mol. The number of rotatable bonds is 7. The lowest BCUT2D eigenvalue weighted by molar-refractivity contribution is -0.140. The molecule has 202 valence electrons. The van der Waals surface area contributed by atoms with Gasteiger partial charge in [0.15, 0.2) is 9.84 Å². The molecule has 1 saturated carbocycles. The number of hydrogen-bond acceptors (Lipinski definition) is 6. The molecule has 1 spiro atoms. The predicted molar refractivity (Wildman–Crippen MR) is 141 cm³/mol. The van der Waals surface area contributed by atoms with Crippen molar-refractivity contribution in [3.05, 3.63) is 48.2 Å². The number of benzene rings is 2. The van der Waals surface area contributed by atoms with Crippen LogP contribution >= 0.6 is 0 Å². The maximum Gasteiger partial charge on any atom is 0.406 e. The highest BCUT2D eigenvalue weighted by atomic mass is 32.2. The molecular formula is C27H29F3N4O3S. The van der Waals surface area contributed by atoms with Gasteiger partial charge in [-0.05, 0) is 54.5 Å². The van der Waals surface area contributed by atoms with E-state index in [4.69, 9.17) is 4.74 Å². The Bertz CT molecular complexity index is 1520. The Balaban J connectivity index is 1.37. The summed E-state index contributed by atoms with van der Waals surface area (Å²) in [6.45, 7) is 1.03. The summed E-state index contributed by atoms with van der Waals surface area (Å²) in [5.41, 5.74) is 2.46. The van der Waals surface area contributed by atoms with E-state index in [-0.39, 0.29) is 17.1 Å². The summed E-state index contributed by atoms with van der Waals surface area (Å²) in [4.78, 5) is 0.119. The zero-order chi connectivity index (χ0) is 27.1. The van der Waals surface area contributed by atoms with Crippen LogP contribution in [0.1, 0.15) is 18.5 Å². The van der Waals surface area contributed by atoms with Gasteiger partial charge >= 0.3 is 6.18 Å². The van der Waals surface area contributed by atoms with E-state index < -0.39 is 22.6 Å². The van der Waals surface area contributed by atoms with E-state index >= 15 is 0 Å². The van der Waals surface area contributed by atoms with E-state index in [1.165, 1.54) is 23.8 Å². The lowest BCUT2D eigenvalue weighted by Gasteiger charge is -2.54. The van der Waals surface area contributed by atoms with Gasteiger partial charge in [0, 0.05) is 42.5 Å². The van der Waals surface area contributed by atoms with Crippen molar-refractivity contribution in [2.24, 2.45) is 5.41 Å². The third kappa shape index (κ3) is 5.42. The SMILES string of the molecule is COc1cc(S(C)(=O)=O)ccc1NCC#Cc1cc2c(NC3CC4(CNC4)C3)cccc2n1CC(F)(F)F. The smallest absolute Gasteiger partial charge is 0.406 e. The number of methoxy groups -OCH3 is 1. The molecule has 11 heteroatoms. The topological polar surface area (TPSA) is 84.4 Å². The zero-order valence-electron chi connectivity index (χ0n) is 21.1. The molecule has 3 N–H and O–H groups in total. The molecule has 0 unspecified atom stereocenters. The molecule has 1 aliphatic heterocycles. The van der Waals surface area contributed by atoms with E-state index in [1.807, 2.05) is 6.07 Å². The molecule has 0 radical (unpaired) electrons. The second-order valence-electron chi connectivity index (χ2n) is 10.1. The average Bonchev–Trinajstić information content (AvgIpc) is 3.13. The minimum atomic E-state index is -4.41. The average molecular weight is 547 g/mol. The van der Waals surface area contributed by atoms with E-state index in [1.54, 1.807) is 24.3 Å². The fourth-order valence-electron chi connectivity index (χ4n) is 5.26. The normalized spacial score (nSPS) is 16.9. The highest BCUT2D eigenvalue weighted by Gasteiger charge is 2.48. The van der Waals surface area contributed by atoms with Gasteiger partial charge in [0.2, 0.25) is 0 Å². The number of sulfone groups is 1. The first-order valence-electron chi connectivity index (χ1n) is 12.2. The van der Waals surface area contributed by atoms with Crippen LogP contribution < -0.4 is 20.7 Å². The van der Waals surface area contributed by atoms with E-state index in [9.17, 15) is 21.6 Å². The van der Waals surface area contributed by atoms with Gasteiger partial charge in [-0.25, -0.2) is 8.42 Å². The van der Waals surface area contributed by atoms with Crippen molar-refractivity contribution in [2.75, 3.05) is 43.6 Å². The number of alkyl halides is 3. The summed E-state index contributed by atoms with van der Waals surface area (Å²) in [5.74, 6) is 6.10. The first kappa shape index (κ1) is 26.3. The number of ether oxygens (including phenoxy) is 1. The Labute approximate surface area is 219 Å². The van der Waals surface area contributed by atoms with E-state index in [0.29, 0.717) is 33.8 Å². The number of anilines is 2. The summed E-state index contributed by atoms with van der Waals surface area (Å²) >= 11 is 0. The number of nitrogens with zero attached hydrogens (tertiary/aromatic N) is 1.